The van der Waals surface area contributed by atoms with E-state index in [1.54, 1.807) is 0 Å². The number of fused-ring (bicyclic) bond motifs is 1. The van der Waals surface area contributed by atoms with Crippen LogP contribution in [0.2, 0.25) is 0 Å². The van der Waals surface area contributed by atoms with Crippen molar-refractivity contribution in [1.82, 2.24) is 15.1 Å². The Labute approximate surface area is 154 Å². The average Bonchev–Trinajstić information content (AvgIpc) is 3.42. The lowest BCUT2D eigenvalue weighted by Crippen LogP contribution is -2.70. The van der Waals surface area contributed by atoms with Crippen LogP contribution in [0.1, 0.15) is 48.4 Å². The smallest absolute Gasteiger partial charge is 0.287 e. The van der Waals surface area contributed by atoms with E-state index < -0.39 is 0 Å². The van der Waals surface area contributed by atoms with Crippen molar-refractivity contribution in [2.24, 2.45) is 5.92 Å². The third-order valence-corrected chi connectivity index (χ3v) is 6.67. The van der Waals surface area contributed by atoms with E-state index in [2.05, 4.69) is 15.1 Å². The molecule has 0 bridgehead atoms. The normalized spacial score (nSPS) is 34.8. The molecule has 4 fully saturated rings. The maximum absolute atomic E-state index is 12.8. The van der Waals surface area contributed by atoms with E-state index in [-0.39, 0.29) is 11.9 Å². The van der Waals surface area contributed by atoms with Gasteiger partial charge in [0.25, 0.3) is 5.91 Å². The standard InChI is InChI=1S/C20H29N3O3/c24-20(16-6-5-14(26-16)13-22-8-1-2-9-22)21-17-15-7-12-25-19(15)18(17)23-10-3-4-11-23/h5-6,15,17-19H,1-4,7-13H2,(H,21,24)/t15-,17+,18-,19-/m1/s1. The Morgan fingerprint density at radius 3 is 2.69 bits per heavy atom. The molecule has 0 aromatic carbocycles. The molecule has 26 heavy (non-hydrogen) atoms. The molecule has 0 unspecified atom stereocenters. The van der Waals surface area contributed by atoms with Crippen molar-refractivity contribution in [1.29, 1.82) is 0 Å². The molecule has 1 aromatic heterocycles. The van der Waals surface area contributed by atoms with Gasteiger partial charge < -0.3 is 14.5 Å². The first-order valence-corrected chi connectivity index (χ1v) is 10.3. The summed E-state index contributed by atoms with van der Waals surface area (Å²) in [6, 6.07) is 4.31. The van der Waals surface area contributed by atoms with Crippen LogP contribution in [-0.2, 0) is 11.3 Å². The summed E-state index contributed by atoms with van der Waals surface area (Å²) in [7, 11) is 0. The SMILES string of the molecule is O=C(N[C@H]1[C@H]2CCO[C@H]2[C@@H]1N1CCCC1)c1ccc(CN2CCCC2)o1. The van der Waals surface area contributed by atoms with Crippen molar-refractivity contribution in [3.05, 3.63) is 23.7 Å². The summed E-state index contributed by atoms with van der Waals surface area (Å²) in [6.45, 7) is 6.16. The van der Waals surface area contributed by atoms with Gasteiger partial charge in [0.15, 0.2) is 5.76 Å². The van der Waals surface area contributed by atoms with Crippen molar-refractivity contribution >= 4 is 5.91 Å². The molecule has 4 aliphatic rings. The zero-order valence-corrected chi connectivity index (χ0v) is 15.4. The van der Waals surface area contributed by atoms with Crippen LogP contribution in [0.5, 0.6) is 0 Å². The van der Waals surface area contributed by atoms with Crippen LogP contribution in [0.3, 0.4) is 0 Å². The summed E-state index contributed by atoms with van der Waals surface area (Å²) in [4.78, 5) is 17.7. The van der Waals surface area contributed by atoms with E-state index in [0.29, 0.717) is 23.8 Å². The Bertz CT molecular complexity index is 644. The van der Waals surface area contributed by atoms with Crippen LogP contribution in [-0.4, -0.2) is 66.7 Å². The fourth-order valence-electron chi connectivity index (χ4n) is 5.31. The Kier molecular flexibility index (Phi) is 4.51. The fraction of sp³-hybridized carbons (Fsp3) is 0.750. The second-order valence-corrected chi connectivity index (χ2v) is 8.27. The van der Waals surface area contributed by atoms with Gasteiger partial charge in [0.05, 0.1) is 24.7 Å². The summed E-state index contributed by atoms with van der Waals surface area (Å²) in [5, 5.41) is 3.27. The highest BCUT2D eigenvalue weighted by Gasteiger charge is 2.56. The molecule has 1 amide bonds. The molecule has 1 aromatic rings. The first kappa shape index (κ1) is 16.8. The van der Waals surface area contributed by atoms with Crippen molar-refractivity contribution in [3.63, 3.8) is 0 Å². The number of nitrogens with zero attached hydrogens (tertiary/aromatic N) is 2. The number of furan rings is 1. The van der Waals surface area contributed by atoms with Gasteiger partial charge in [0, 0.05) is 12.5 Å². The molecule has 6 nitrogen and oxygen atoms in total. The molecule has 1 aliphatic carbocycles. The highest BCUT2D eigenvalue weighted by molar-refractivity contribution is 5.91. The largest absolute Gasteiger partial charge is 0.455 e. The summed E-state index contributed by atoms with van der Waals surface area (Å²) in [6.07, 6.45) is 6.40. The maximum Gasteiger partial charge on any atom is 0.287 e. The first-order chi connectivity index (χ1) is 12.8. The Morgan fingerprint density at radius 2 is 1.88 bits per heavy atom. The van der Waals surface area contributed by atoms with Crippen LogP contribution in [0.4, 0.5) is 0 Å². The number of amides is 1. The fourth-order valence-corrected chi connectivity index (χ4v) is 5.31. The van der Waals surface area contributed by atoms with Crippen LogP contribution in [0.15, 0.2) is 16.5 Å². The van der Waals surface area contributed by atoms with Crippen molar-refractivity contribution in [3.8, 4) is 0 Å². The highest BCUT2D eigenvalue weighted by atomic mass is 16.5. The molecule has 0 radical (unpaired) electrons. The number of likely N-dealkylation sites (tertiary alicyclic amines) is 2. The lowest BCUT2D eigenvalue weighted by molar-refractivity contribution is -0.0749. The van der Waals surface area contributed by atoms with Gasteiger partial charge in [-0.2, -0.15) is 0 Å². The zero-order valence-electron chi connectivity index (χ0n) is 15.4. The maximum atomic E-state index is 12.8. The van der Waals surface area contributed by atoms with Gasteiger partial charge >= 0.3 is 0 Å². The Morgan fingerprint density at radius 1 is 1.12 bits per heavy atom. The number of rotatable bonds is 5. The van der Waals surface area contributed by atoms with Crippen LogP contribution in [0, 0.1) is 5.92 Å². The molecule has 4 atom stereocenters. The van der Waals surface area contributed by atoms with Crippen molar-refractivity contribution in [2.75, 3.05) is 32.8 Å². The predicted octanol–water partition coefficient (Wildman–Crippen LogP) is 1.86. The second kappa shape index (κ2) is 6.98. The second-order valence-electron chi connectivity index (χ2n) is 8.27. The number of carbonyl (C=O) groups is 1. The highest BCUT2D eigenvalue weighted by Crippen LogP contribution is 2.43. The number of hydrogen-bond donors (Lipinski definition) is 1. The molecular formula is C20H29N3O3. The Hall–Kier alpha value is -1.37. The van der Waals surface area contributed by atoms with E-state index in [0.717, 1.165) is 51.5 Å². The van der Waals surface area contributed by atoms with Gasteiger partial charge in [-0.25, -0.2) is 0 Å². The minimum atomic E-state index is -0.0720. The van der Waals surface area contributed by atoms with Crippen molar-refractivity contribution < 1.29 is 13.9 Å². The molecule has 1 saturated carbocycles. The third-order valence-electron chi connectivity index (χ3n) is 6.67. The third kappa shape index (κ3) is 2.98. The minimum Gasteiger partial charge on any atom is -0.455 e. The number of carbonyl (C=O) groups excluding carboxylic acids is 1. The van der Waals surface area contributed by atoms with E-state index in [4.69, 9.17) is 9.15 Å². The molecular weight excluding hydrogens is 330 g/mol. The van der Waals surface area contributed by atoms with Crippen molar-refractivity contribution in [2.45, 2.75) is 56.8 Å². The summed E-state index contributed by atoms with van der Waals surface area (Å²) in [5.41, 5.74) is 0. The van der Waals surface area contributed by atoms with Crippen LogP contribution >= 0.6 is 0 Å². The molecule has 1 N–H and O–H groups in total. The van der Waals surface area contributed by atoms with Gasteiger partial charge in [-0.15, -0.1) is 0 Å². The van der Waals surface area contributed by atoms with E-state index in [9.17, 15) is 4.79 Å². The molecule has 6 heteroatoms. The van der Waals surface area contributed by atoms with Crippen LogP contribution in [0.25, 0.3) is 0 Å². The minimum absolute atomic E-state index is 0.0720. The van der Waals surface area contributed by atoms with Gasteiger partial charge in [-0.3, -0.25) is 14.6 Å². The lowest BCUT2D eigenvalue weighted by atomic mass is 9.70. The van der Waals surface area contributed by atoms with Gasteiger partial charge in [-0.05, 0) is 70.4 Å². The van der Waals surface area contributed by atoms with E-state index in [1.165, 1.54) is 25.7 Å². The van der Waals surface area contributed by atoms with E-state index in [1.807, 2.05) is 12.1 Å². The molecule has 3 aliphatic heterocycles. The molecule has 142 valence electrons. The average molecular weight is 359 g/mol. The monoisotopic (exact) mass is 359 g/mol. The number of ether oxygens (including phenoxy) is 1. The molecule has 5 rings (SSSR count). The quantitative estimate of drug-likeness (QED) is 0.870. The Balaban J connectivity index is 1.23. The van der Waals surface area contributed by atoms with Gasteiger partial charge in [0.2, 0.25) is 0 Å². The van der Waals surface area contributed by atoms with E-state index >= 15 is 0 Å². The molecule has 3 saturated heterocycles. The number of hydrogen-bond acceptors (Lipinski definition) is 5. The van der Waals surface area contributed by atoms with Gasteiger partial charge in [-0.1, -0.05) is 0 Å². The number of nitrogens with one attached hydrogen (secondary N) is 1. The zero-order chi connectivity index (χ0) is 17.5. The first-order valence-electron chi connectivity index (χ1n) is 10.3. The molecule has 4 heterocycles. The van der Waals surface area contributed by atoms with Gasteiger partial charge in [0.1, 0.15) is 5.76 Å². The summed E-state index contributed by atoms with van der Waals surface area (Å²) in [5.74, 6) is 1.73. The molecule has 0 spiro atoms. The van der Waals surface area contributed by atoms with Crippen LogP contribution < -0.4 is 5.32 Å². The summed E-state index contributed by atoms with van der Waals surface area (Å²) >= 11 is 0. The predicted molar refractivity (Wildman–Crippen MR) is 96.9 cm³/mol. The topological polar surface area (TPSA) is 58.0 Å². The lowest BCUT2D eigenvalue weighted by Gasteiger charge is -2.51. The summed E-state index contributed by atoms with van der Waals surface area (Å²) < 4.78 is 11.8.